The third kappa shape index (κ3) is 4.10. The first-order valence-electron chi connectivity index (χ1n) is 6.55. The van der Waals surface area contributed by atoms with Crippen LogP contribution in [-0.4, -0.2) is 30.2 Å². The number of carbonyl (C=O) groups is 2. The molecule has 0 radical (unpaired) electrons. The summed E-state index contributed by atoms with van der Waals surface area (Å²) >= 11 is 3.40. The highest BCUT2D eigenvalue weighted by atomic mass is 79.9. The number of amides is 1. The van der Waals surface area contributed by atoms with Crippen molar-refractivity contribution >= 4 is 27.8 Å². The lowest BCUT2D eigenvalue weighted by molar-refractivity contribution is -0.137. The van der Waals surface area contributed by atoms with Crippen LogP contribution in [0.15, 0.2) is 16.6 Å². The van der Waals surface area contributed by atoms with Crippen molar-refractivity contribution in [3.8, 4) is 11.5 Å². The van der Waals surface area contributed by atoms with Gasteiger partial charge in [-0.05, 0) is 33.6 Å². The fourth-order valence-corrected chi connectivity index (χ4v) is 2.70. The summed E-state index contributed by atoms with van der Waals surface area (Å²) in [5.41, 5.74) is 0.656. The summed E-state index contributed by atoms with van der Waals surface area (Å²) in [6, 6.07) is 2.85. The summed E-state index contributed by atoms with van der Waals surface area (Å²) in [4.78, 5) is 22.2. The lowest BCUT2D eigenvalue weighted by Gasteiger charge is -2.19. The number of ether oxygens (including phenoxy) is 2. The molecule has 114 valence electrons. The van der Waals surface area contributed by atoms with E-state index in [2.05, 4.69) is 21.2 Å². The number of aliphatic carboxylic acids is 1. The zero-order valence-electron chi connectivity index (χ0n) is 11.5. The van der Waals surface area contributed by atoms with Crippen LogP contribution >= 0.6 is 15.9 Å². The number of nitrogens with one attached hydrogen (secondary N) is 1. The molecule has 1 atom stereocenters. The number of hydrogen-bond donors (Lipinski definition) is 2. The van der Waals surface area contributed by atoms with E-state index >= 15 is 0 Å². The number of hydrogen-bond acceptors (Lipinski definition) is 4. The Morgan fingerprint density at radius 2 is 2.10 bits per heavy atom. The van der Waals surface area contributed by atoms with Crippen LogP contribution in [0.25, 0.3) is 0 Å². The van der Waals surface area contributed by atoms with Gasteiger partial charge < -0.3 is 19.9 Å². The van der Waals surface area contributed by atoms with Gasteiger partial charge in [-0.1, -0.05) is 0 Å². The maximum absolute atomic E-state index is 11.3. The van der Waals surface area contributed by atoms with E-state index < -0.39 is 12.0 Å². The zero-order valence-corrected chi connectivity index (χ0v) is 13.1. The molecule has 2 N–H and O–H groups in total. The third-order valence-electron chi connectivity index (χ3n) is 2.98. The molecule has 2 rings (SSSR count). The van der Waals surface area contributed by atoms with E-state index in [0.717, 1.165) is 6.42 Å². The monoisotopic (exact) mass is 357 g/mol. The van der Waals surface area contributed by atoms with E-state index in [1.54, 1.807) is 12.1 Å². The van der Waals surface area contributed by atoms with Crippen molar-refractivity contribution in [2.75, 3.05) is 13.2 Å². The van der Waals surface area contributed by atoms with E-state index in [0.29, 0.717) is 34.7 Å². The predicted molar refractivity (Wildman–Crippen MR) is 78.6 cm³/mol. The maximum Gasteiger partial charge on any atom is 0.305 e. The Labute approximate surface area is 130 Å². The minimum atomic E-state index is -0.989. The Balaban J connectivity index is 2.36. The number of fused-ring (bicyclic) bond motifs is 1. The third-order valence-corrected chi connectivity index (χ3v) is 3.57. The van der Waals surface area contributed by atoms with Crippen molar-refractivity contribution in [2.45, 2.75) is 25.8 Å². The Morgan fingerprint density at radius 1 is 1.38 bits per heavy atom. The molecule has 1 aromatic carbocycles. The van der Waals surface area contributed by atoms with Gasteiger partial charge in [-0.15, -0.1) is 0 Å². The molecule has 0 saturated heterocycles. The van der Waals surface area contributed by atoms with Gasteiger partial charge in [0.1, 0.15) is 0 Å². The fraction of sp³-hybridized carbons (Fsp3) is 0.429. The average Bonchev–Trinajstić information content (AvgIpc) is 2.62. The number of carboxylic acids is 1. The zero-order chi connectivity index (χ0) is 15.4. The molecule has 0 unspecified atom stereocenters. The molecule has 1 aliphatic heterocycles. The smallest absolute Gasteiger partial charge is 0.305 e. The van der Waals surface area contributed by atoms with Crippen LogP contribution in [-0.2, 0) is 9.59 Å². The Bertz CT molecular complexity index is 545. The van der Waals surface area contributed by atoms with Gasteiger partial charge in [-0.25, -0.2) is 0 Å². The Kier molecular flexibility index (Phi) is 5.06. The molecule has 6 nitrogen and oxygen atoms in total. The molecule has 1 heterocycles. The summed E-state index contributed by atoms with van der Waals surface area (Å²) in [6.07, 6.45) is 0.576. The number of carboxylic acid groups (broad SMARTS) is 1. The van der Waals surface area contributed by atoms with Crippen molar-refractivity contribution in [2.24, 2.45) is 0 Å². The fourth-order valence-electron chi connectivity index (χ4n) is 2.12. The van der Waals surface area contributed by atoms with Gasteiger partial charge in [0, 0.05) is 13.3 Å². The Morgan fingerprint density at radius 3 is 2.76 bits per heavy atom. The number of rotatable bonds is 4. The van der Waals surface area contributed by atoms with Crippen LogP contribution in [0.5, 0.6) is 11.5 Å². The second-order valence-electron chi connectivity index (χ2n) is 4.73. The molecule has 1 aliphatic rings. The first-order chi connectivity index (χ1) is 9.97. The number of halogens is 1. The second-order valence-corrected chi connectivity index (χ2v) is 5.59. The molecule has 0 bridgehead atoms. The summed E-state index contributed by atoms with van der Waals surface area (Å²) in [5.74, 6) is -0.118. The van der Waals surface area contributed by atoms with E-state index in [-0.39, 0.29) is 12.3 Å². The van der Waals surface area contributed by atoms with Gasteiger partial charge in [0.2, 0.25) is 5.91 Å². The molecule has 0 fully saturated rings. The highest BCUT2D eigenvalue weighted by Crippen LogP contribution is 2.40. The molecule has 0 spiro atoms. The van der Waals surface area contributed by atoms with Gasteiger partial charge in [0.05, 0.1) is 30.1 Å². The second kappa shape index (κ2) is 6.80. The van der Waals surface area contributed by atoms with Gasteiger partial charge in [0.25, 0.3) is 0 Å². The molecule has 0 aromatic heterocycles. The van der Waals surface area contributed by atoms with Crippen LogP contribution < -0.4 is 14.8 Å². The lowest BCUT2D eigenvalue weighted by atomic mass is 10.0. The summed E-state index contributed by atoms with van der Waals surface area (Å²) in [5, 5.41) is 11.6. The van der Waals surface area contributed by atoms with E-state index in [1.807, 2.05) is 0 Å². The van der Waals surface area contributed by atoms with Crippen LogP contribution in [0.2, 0.25) is 0 Å². The molecule has 21 heavy (non-hydrogen) atoms. The van der Waals surface area contributed by atoms with Crippen LogP contribution in [0.4, 0.5) is 0 Å². The molecule has 0 aliphatic carbocycles. The molecule has 7 heteroatoms. The molecule has 0 saturated carbocycles. The minimum absolute atomic E-state index is 0.203. The average molecular weight is 358 g/mol. The van der Waals surface area contributed by atoms with E-state index in [9.17, 15) is 9.59 Å². The normalized spacial score (nSPS) is 15.0. The van der Waals surface area contributed by atoms with E-state index in [1.165, 1.54) is 6.92 Å². The molecular weight excluding hydrogens is 342 g/mol. The van der Waals surface area contributed by atoms with Crippen LogP contribution in [0, 0.1) is 0 Å². The summed E-state index contributed by atoms with van der Waals surface area (Å²) in [6.45, 7) is 2.45. The highest BCUT2D eigenvalue weighted by Gasteiger charge is 2.22. The topological polar surface area (TPSA) is 84.9 Å². The van der Waals surface area contributed by atoms with Crippen LogP contribution in [0.3, 0.4) is 0 Å². The number of carbonyl (C=O) groups excluding carboxylic acids is 1. The van der Waals surface area contributed by atoms with Crippen molar-refractivity contribution in [3.63, 3.8) is 0 Å². The predicted octanol–water partition coefficient (Wildman–Crippen LogP) is 2.26. The largest absolute Gasteiger partial charge is 0.490 e. The van der Waals surface area contributed by atoms with Crippen LogP contribution in [0.1, 0.15) is 31.4 Å². The lowest BCUT2D eigenvalue weighted by Crippen LogP contribution is -2.28. The van der Waals surface area contributed by atoms with Gasteiger partial charge in [-0.3, -0.25) is 9.59 Å². The van der Waals surface area contributed by atoms with Crippen molar-refractivity contribution in [3.05, 3.63) is 22.2 Å². The van der Waals surface area contributed by atoms with Gasteiger partial charge in [0.15, 0.2) is 11.5 Å². The minimum Gasteiger partial charge on any atom is -0.490 e. The summed E-state index contributed by atoms with van der Waals surface area (Å²) in [7, 11) is 0. The quantitative estimate of drug-likeness (QED) is 0.863. The molecule has 1 amide bonds. The van der Waals surface area contributed by atoms with Crippen molar-refractivity contribution in [1.82, 2.24) is 5.32 Å². The van der Waals surface area contributed by atoms with Gasteiger partial charge in [-0.2, -0.15) is 0 Å². The summed E-state index contributed by atoms with van der Waals surface area (Å²) < 4.78 is 11.9. The first kappa shape index (κ1) is 15.6. The SMILES string of the molecule is CC(=O)N[C@H](CC(=O)O)c1cc(Br)c2c(c1)OCCCO2. The molecular formula is C14H16BrNO5. The number of benzene rings is 1. The van der Waals surface area contributed by atoms with Gasteiger partial charge >= 0.3 is 5.97 Å². The van der Waals surface area contributed by atoms with E-state index in [4.69, 9.17) is 14.6 Å². The van der Waals surface area contributed by atoms with Crippen molar-refractivity contribution in [1.29, 1.82) is 0 Å². The Hall–Kier alpha value is -1.76. The van der Waals surface area contributed by atoms with Crippen molar-refractivity contribution < 1.29 is 24.2 Å². The highest BCUT2D eigenvalue weighted by molar-refractivity contribution is 9.10. The molecule has 1 aromatic rings. The maximum atomic E-state index is 11.3. The standard InChI is InChI=1S/C14H16BrNO5/c1-8(17)16-11(7-13(18)19)9-5-10(15)14-12(6-9)20-3-2-4-21-14/h5-6,11H,2-4,7H2,1H3,(H,16,17)(H,18,19)/t11-/m1/s1. The first-order valence-corrected chi connectivity index (χ1v) is 7.34.